The second-order valence-electron chi connectivity index (χ2n) is 9.41. The Morgan fingerprint density at radius 2 is 1.81 bits per heavy atom. The van der Waals surface area contributed by atoms with Crippen molar-refractivity contribution in [1.29, 1.82) is 0 Å². The molecular formula is C19H33F2N3O3. The SMILES string of the molecule is CN(CC(=O)N1CCC(O)(CNC(=O)C2CCC2(F)F)CC1)CC(C)(C)C. The number of amides is 2. The van der Waals surface area contributed by atoms with Crippen LogP contribution in [0.4, 0.5) is 8.78 Å². The van der Waals surface area contributed by atoms with Gasteiger partial charge in [0.1, 0.15) is 5.92 Å². The third kappa shape index (κ3) is 6.10. The summed E-state index contributed by atoms with van der Waals surface area (Å²) >= 11 is 0. The summed E-state index contributed by atoms with van der Waals surface area (Å²) < 4.78 is 26.6. The zero-order valence-electron chi connectivity index (χ0n) is 16.9. The summed E-state index contributed by atoms with van der Waals surface area (Å²) in [5.41, 5.74) is -1.05. The maximum atomic E-state index is 13.3. The molecule has 0 bridgehead atoms. The Bertz CT molecular complexity index is 555. The first kappa shape index (κ1) is 22.0. The van der Waals surface area contributed by atoms with Crippen LogP contribution in [0.15, 0.2) is 0 Å². The summed E-state index contributed by atoms with van der Waals surface area (Å²) in [7, 11) is 1.91. The van der Waals surface area contributed by atoms with E-state index in [-0.39, 0.29) is 30.7 Å². The molecule has 0 spiro atoms. The lowest BCUT2D eigenvalue weighted by Gasteiger charge is -2.40. The lowest BCUT2D eigenvalue weighted by Crippen LogP contribution is -2.56. The fraction of sp³-hybridized carbons (Fsp3) is 0.895. The molecule has 156 valence electrons. The van der Waals surface area contributed by atoms with E-state index in [4.69, 9.17) is 0 Å². The summed E-state index contributed by atoms with van der Waals surface area (Å²) in [5, 5.41) is 13.1. The fourth-order valence-corrected chi connectivity index (χ4v) is 3.75. The number of alkyl halides is 2. The smallest absolute Gasteiger partial charge is 0.259 e. The first-order chi connectivity index (χ1) is 12.3. The molecule has 1 saturated carbocycles. The third-order valence-corrected chi connectivity index (χ3v) is 5.38. The maximum Gasteiger partial charge on any atom is 0.259 e. The van der Waals surface area contributed by atoms with Crippen molar-refractivity contribution in [3.05, 3.63) is 0 Å². The van der Waals surface area contributed by atoms with Gasteiger partial charge in [0.05, 0.1) is 12.1 Å². The number of piperidine rings is 1. The van der Waals surface area contributed by atoms with Crippen LogP contribution in [0, 0.1) is 11.3 Å². The van der Waals surface area contributed by atoms with E-state index in [0.29, 0.717) is 32.5 Å². The quantitative estimate of drug-likeness (QED) is 0.722. The van der Waals surface area contributed by atoms with Crippen LogP contribution in [0.25, 0.3) is 0 Å². The van der Waals surface area contributed by atoms with Crippen molar-refractivity contribution in [3.63, 3.8) is 0 Å². The zero-order chi connectivity index (χ0) is 20.5. The van der Waals surface area contributed by atoms with Gasteiger partial charge in [-0.1, -0.05) is 20.8 Å². The molecule has 2 aliphatic rings. The minimum atomic E-state index is -2.93. The van der Waals surface area contributed by atoms with Crippen LogP contribution in [-0.2, 0) is 9.59 Å². The molecule has 0 aromatic heterocycles. The summed E-state index contributed by atoms with van der Waals surface area (Å²) in [4.78, 5) is 28.0. The monoisotopic (exact) mass is 389 g/mol. The summed E-state index contributed by atoms with van der Waals surface area (Å²) in [6.07, 6.45) is 0.573. The van der Waals surface area contributed by atoms with Crippen LogP contribution in [0.2, 0.25) is 0 Å². The molecule has 1 saturated heterocycles. The highest BCUT2D eigenvalue weighted by Gasteiger charge is 2.52. The highest BCUT2D eigenvalue weighted by molar-refractivity contribution is 5.81. The highest BCUT2D eigenvalue weighted by Crippen LogP contribution is 2.43. The van der Waals surface area contributed by atoms with Gasteiger partial charge in [0.25, 0.3) is 5.92 Å². The Morgan fingerprint density at radius 3 is 2.26 bits per heavy atom. The lowest BCUT2D eigenvalue weighted by molar-refractivity contribution is -0.163. The zero-order valence-corrected chi connectivity index (χ0v) is 16.9. The fourth-order valence-electron chi connectivity index (χ4n) is 3.75. The van der Waals surface area contributed by atoms with E-state index in [0.717, 1.165) is 6.54 Å². The normalized spacial score (nSPS) is 24.4. The Labute approximate surface area is 160 Å². The second kappa shape index (κ2) is 7.99. The largest absolute Gasteiger partial charge is 0.388 e. The number of nitrogens with zero attached hydrogens (tertiary/aromatic N) is 2. The van der Waals surface area contributed by atoms with Crippen LogP contribution in [0.3, 0.4) is 0 Å². The van der Waals surface area contributed by atoms with Crippen LogP contribution >= 0.6 is 0 Å². The number of carbonyl (C=O) groups is 2. The van der Waals surface area contributed by atoms with Gasteiger partial charge in [-0.15, -0.1) is 0 Å². The number of likely N-dealkylation sites (N-methyl/N-ethyl adjacent to an activating group) is 1. The van der Waals surface area contributed by atoms with Gasteiger partial charge in [-0.25, -0.2) is 8.78 Å². The van der Waals surface area contributed by atoms with Gasteiger partial charge in [0.15, 0.2) is 0 Å². The number of aliphatic hydroxyl groups is 1. The van der Waals surface area contributed by atoms with E-state index in [9.17, 15) is 23.5 Å². The molecule has 0 aromatic rings. The van der Waals surface area contributed by atoms with Crippen molar-refractivity contribution in [2.24, 2.45) is 11.3 Å². The van der Waals surface area contributed by atoms with Gasteiger partial charge >= 0.3 is 0 Å². The third-order valence-electron chi connectivity index (χ3n) is 5.38. The number of rotatable bonds is 6. The van der Waals surface area contributed by atoms with Gasteiger partial charge in [-0.2, -0.15) is 0 Å². The first-order valence-corrected chi connectivity index (χ1v) is 9.66. The van der Waals surface area contributed by atoms with Crippen LogP contribution in [0.5, 0.6) is 0 Å². The molecule has 1 atom stereocenters. The van der Waals surface area contributed by atoms with Gasteiger partial charge in [0.2, 0.25) is 11.8 Å². The molecule has 2 amide bonds. The Kier molecular flexibility index (Phi) is 6.52. The molecule has 1 heterocycles. The van der Waals surface area contributed by atoms with Crippen LogP contribution < -0.4 is 5.32 Å². The van der Waals surface area contributed by atoms with Crippen molar-refractivity contribution in [2.45, 2.75) is 58.0 Å². The molecule has 2 N–H and O–H groups in total. The number of halogens is 2. The molecule has 1 aliphatic carbocycles. The van der Waals surface area contributed by atoms with E-state index in [2.05, 4.69) is 26.1 Å². The number of hydrogen-bond donors (Lipinski definition) is 2. The van der Waals surface area contributed by atoms with Crippen molar-refractivity contribution in [1.82, 2.24) is 15.1 Å². The second-order valence-corrected chi connectivity index (χ2v) is 9.41. The molecule has 6 nitrogen and oxygen atoms in total. The number of likely N-dealkylation sites (tertiary alicyclic amines) is 1. The van der Waals surface area contributed by atoms with Crippen LogP contribution in [0.1, 0.15) is 46.5 Å². The van der Waals surface area contributed by atoms with Crippen LogP contribution in [-0.4, -0.2) is 78.0 Å². The average molecular weight is 389 g/mol. The summed E-state index contributed by atoms with van der Waals surface area (Å²) in [6, 6.07) is 0. The molecule has 1 unspecified atom stereocenters. The first-order valence-electron chi connectivity index (χ1n) is 9.66. The van der Waals surface area contributed by atoms with E-state index >= 15 is 0 Å². The van der Waals surface area contributed by atoms with E-state index < -0.39 is 23.3 Å². The van der Waals surface area contributed by atoms with Crippen molar-refractivity contribution >= 4 is 11.8 Å². The average Bonchev–Trinajstić information content (AvgIpc) is 2.51. The molecule has 2 rings (SSSR count). The predicted molar refractivity (Wildman–Crippen MR) is 98.4 cm³/mol. The van der Waals surface area contributed by atoms with Crippen molar-refractivity contribution < 1.29 is 23.5 Å². The Hall–Kier alpha value is -1.28. The molecule has 0 radical (unpaired) electrons. The predicted octanol–water partition coefficient (Wildman–Crippen LogP) is 1.48. The summed E-state index contributed by atoms with van der Waals surface area (Å²) in [6.45, 7) is 8.21. The molecule has 2 fully saturated rings. The van der Waals surface area contributed by atoms with Crippen molar-refractivity contribution in [2.75, 3.05) is 39.8 Å². The van der Waals surface area contributed by atoms with Gasteiger partial charge in [-0.05, 0) is 31.7 Å². The molecule has 27 heavy (non-hydrogen) atoms. The van der Waals surface area contributed by atoms with E-state index in [1.807, 2.05) is 11.9 Å². The standard InChI is InChI=1S/C19H33F2N3O3/c1-17(2,3)13-23(4)11-15(25)24-9-7-18(27,8-10-24)12-22-16(26)14-5-6-19(14,20)21/h14,27H,5-13H2,1-4H3,(H,22,26). The molecule has 0 aromatic carbocycles. The Morgan fingerprint density at radius 1 is 1.22 bits per heavy atom. The topological polar surface area (TPSA) is 72.9 Å². The number of hydrogen-bond acceptors (Lipinski definition) is 4. The molecular weight excluding hydrogens is 356 g/mol. The van der Waals surface area contributed by atoms with E-state index in [1.165, 1.54) is 0 Å². The Balaban J connectivity index is 1.75. The van der Waals surface area contributed by atoms with E-state index in [1.54, 1.807) is 4.90 Å². The minimum absolute atomic E-state index is 0.0157. The molecule has 1 aliphatic heterocycles. The van der Waals surface area contributed by atoms with Crippen molar-refractivity contribution in [3.8, 4) is 0 Å². The lowest BCUT2D eigenvalue weighted by atomic mass is 9.80. The minimum Gasteiger partial charge on any atom is -0.388 e. The maximum absolute atomic E-state index is 13.3. The van der Waals surface area contributed by atoms with Gasteiger partial charge in [-0.3, -0.25) is 14.5 Å². The summed E-state index contributed by atoms with van der Waals surface area (Å²) in [5.74, 6) is -4.88. The van der Waals surface area contributed by atoms with Gasteiger partial charge < -0.3 is 15.3 Å². The number of nitrogens with one attached hydrogen (secondary N) is 1. The highest BCUT2D eigenvalue weighted by atomic mass is 19.3. The van der Waals surface area contributed by atoms with Gasteiger partial charge in [0, 0.05) is 32.6 Å². The number of carbonyl (C=O) groups excluding carboxylic acids is 2. The molecule has 8 heteroatoms.